The minimum Gasteiger partial charge on any atom is -0.493 e. The number of hydrogen-bond acceptors (Lipinski definition) is 2. The summed E-state index contributed by atoms with van der Waals surface area (Å²) in [6, 6.07) is 6.39. The van der Waals surface area contributed by atoms with Crippen molar-refractivity contribution in [1.82, 2.24) is 0 Å². The zero-order chi connectivity index (χ0) is 20.8. The van der Waals surface area contributed by atoms with Crippen molar-refractivity contribution >= 4 is 0 Å². The fourth-order valence-electron chi connectivity index (χ4n) is 6.24. The Bertz CT molecular complexity index is 644. The molecule has 0 N–H and O–H groups in total. The van der Waals surface area contributed by atoms with Crippen LogP contribution in [0.1, 0.15) is 88.7 Å². The molecule has 30 heavy (non-hydrogen) atoms. The lowest BCUT2D eigenvalue weighted by atomic mass is 9.69. The Balaban J connectivity index is 1.18. The first-order chi connectivity index (χ1) is 14.7. The molecule has 2 aliphatic carbocycles. The third kappa shape index (κ3) is 5.78. The molecule has 1 unspecified atom stereocenters. The molecule has 168 valence electrons. The first-order valence-corrected chi connectivity index (χ1v) is 12.7. The Hall–Kier alpha value is -1.09. The molecule has 0 bridgehead atoms. The summed E-state index contributed by atoms with van der Waals surface area (Å²) in [4.78, 5) is 0. The molecule has 2 saturated carbocycles. The highest BCUT2D eigenvalue weighted by Gasteiger charge is 2.31. The van der Waals surface area contributed by atoms with E-state index in [4.69, 9.17) is 9.47 Å². The van der Waals surface area contributed by atoms with Gasteiger partial charge < -0.3 is 9.47 Å². The topological polar surface area (TPSA) is 18.5 Å². The summed E-state index contributed by atoms with van der Waals surface area (Å²) < 4.78 is 24.5. The standard InChI is InChI=1S/C27H41FO2/c1-2-3-20-4-8-22(9-5-20)23-10-6-21(7-11-23)18-29-26-13-12-24-16-27(14-15-28)30-19-25(24)17-26/h12-13,17,20-23,27H,2-11,14-16,18-19H2,1H3. The van der Waals surface area contributed by atoms with E-state index in [9.17, 15) is 4.39 Å². The Kier molecular flexibility index (Phi) is 8.09. The number of fused-ring (bicyclic) bond motifs is 1. The van der Waals surface area contributed by atoms with Crippen LogP contribution in [-0.2, 0) is 17.8 Å². The van der Waals surface area contributed by atoms with Gasteiger partial charge in [-0.05, 0) is 91.9 Å². The van der Waals surface area contributed by atoms with Crippen molar-refractivity contribution in [3.63, 3.8) is 0 Å². The van der Waals surface area contributed by atoms with Crippen molar-refractivity contribution in [2.45, 2.75) is 96.7 Å². The monoisotopic (exact) mass is 416 g/mol. The number of ether oxygens (including phenoxy) is 2. The largest absolute Gasteiger partial charge is 0.493 e. The lowest BCUT2D eigenvalue weighted by Gasteiger charge is -2.37. The van der Waals surface area contributed by atoms with Crippen LogP contribution in [0, 0.1) is 23.7 Å². The zero-order valence-electron chi connectivity index (χ0n) is 18.9. The SMILES string of the molecule is CCCC1CCC(C2CCC(COc3ccc4c(c3)COC(CCF)C4)CC2)CC1. The summed E-state index contributed by atoms with van der Waals surface area (Å²) in [5, 5.41) is 0. The normalized spacial score (nSPS) is 31.9. The van der Waals surface area contributed by atoms with E-state index in [0.29, 0.717) is 18.9 Å². The summed E-state index contributed by atoms with van der Waals surface area (Å²) in [7, 11) is 0. The molecule has 0 amide bonds. The van der Waals surface area contributed by atoms with E-state index in [2.05, 4.69) is 25.1 Å². The van der Waals surface area contributed by atoms with Crippen molar-refractivity contribution in [3.05, 3.63) is 29.3 Å². The molecule has 4 rings (SSSR count). The van der Waals surface area contributed by atoms with Gasteiger partial charge in [0.1, 0.15) is 5.75 Å². The van der Waals surface area contributed by atoms with Gasteiger partial charge in [-0.3, -0.25) is 4.39 Å². The maximum absolute atomic E-state index is 12.6. The molecule has 1 aliphatic heterocycles. The van der Waals surface area contributed by atoms with Crippen molar-refractivity contribution < 1.29 is 13.9 Å². The predicted octanol–water partition coefficient (Wildman–Crippen LogP) is 7.28. The zero-order valence-corrected chi connectivity index (χ0v) is 18.9. The summed E-state index contributed by atoms with van der Waals surface area (Å²) in [5.41, 5.74) is 2.51. The van der Waals surface area contributed by atoms with Crippen molar-refractivity contribution in [2.24, 2.45) is 23.7 Å². The molecule has 0 saturated heterocycles. The second-order valence-corrected chi connectivity index (χ2v) is 10.2. The van der Waals surface area contributed by atoms with Gasteiger partial charge in [0.05, 0.1) is 26.0 Å². The van der Waals surface area contributed by atoms with Crippen LogP contribution < -0.4 is 4.74 Å². The highest BCUT2D eigenvalue weighted by atomic mass is 19.1. The highest BCUT2D eigenvalue weighted by molar-refractivity contribution is 5.36. The van der Waals surface area contributed by atoms with Crippen LogP contribution in [0.25, 0.3) is 0 Å². The van der Waals surface area contributed by atoms with E-state index < -0.39 is 0 Å². The maximum atomic E-state index is 12.6. The van der Waals surface area contributed by atoms with Crippen LogP contribution in [0.2, 0.25) is 0 Å². The fourth-order valence-corrected chi connectivity index (χ4v) is 6.24. The third-order valence-electron chi connectivity index (χ3n) is 8.16. The van der Waals surface area contributed by atoms with E-state index in [1.807, 2.05) is 0 Å². The van der Waals surface area contributed by atoms with E-state index in [-0.39, 0.29) is 12.8 Å². The Labute approximate surface area is 182 Å². The molecule has 2 nitrogen and oxygen atoms in total. The Morgan fingerprint density at radius 1 is 0.900 bits per heavy atom. The fraction of sp³-hybridized carbons (Fsp3) is 0.778. The van der Waals surface area contributed by atoms with Crippen LogP contribution in [0.5, 0.6) is 5.75 Å². The molecule has 1 heterocycles. The summed E-state index contributed by atoms with van der Waals surface area (Å²) in [6.07, 6.45) is 15.6. The van der Waals surface area contributed by atoms with Crippen LogP contribution >= 0.6 is 0 Å². The molecule has 3 heteroatoms. The van der Waals surface area contributed by atoms with Crippen molar-refractivity contribution in [2.75, 3.05) is 13.3 Å². The summed E-state index contributed by atoms with van der Waals surface area (Å²) in [6.45, 7) is 3.46. The molecule has 1 aromatic rings. The number of rotatable bonds is 8. The maximum Gasteiger partial charge on any atom is 0.119 e. The second-order valence-electron chi connectivity index (χ2n) is 10.2. The molecule has 0 spiro atoms. The van der Waals surface area contributed by atoms with Gasteiger partial charge in [0.15, 0.2) is 0 Å². The smallest absolute Gasteiger partial charge is 0.119 e. The first kappa shape index (κ1) is 22.1. The van der Waals surface area contributed by atoms with Gasteiger partial charge in [-0.15, -0.1) is 0 Å². The average Bonchev–Trinajstić information content (AvgIpc) is 2.79. The van der Waals surface area contributed by atoms with Crippen LogP contribution in [0.15, 0.2) is 18.2 Å². The number of hydrogen-bond donors (Lipinski definition) is 0. The third-order valence-corrected chi connectivity index (χ3v) is 8.16. The minimum absolute atomic E-state index is 0.0335. The van der Waals surface area contributed by atoms with Crippen LogP contribution in [0.3, 0.4) is 0 Å². The number of benzene rings is 1. The molecule has 1 aromatic carbocycles. The highest BCUT2D eigenvalue weighted by Crippen LogP contribution is 2.42. The molecule has 0 aromatic heterocycles. The lowest BCUT2D eigenvalue weighted by Crippen LogP contribution is -2.27. The quantitative estimate of drug-likeness (QED) is 0.443. The number of halogens is 1. The molecular formula is C27H41FO2. The molecular weight excluding hydrogens is 375 g/mol. The lowest BCUT2D eigenvalue weighted by molar-refractivity contribution is 0.0193. The summed E-state index contributed by atoms with van der Waals surface area (Å²) in [5.74, 6) is 4.67. The second kappa shape index (κ2) is 11.0. The minimum atomic E-state index is -0.302. The van der Waals surface area contributed by atoms with Gasteiger partial charge in [-0.2, -0.15) is 0 Å². The van der Waals surface area contributed by atoms with E-state index >= 15 is 0 Å². The molecule has 3 aliphatic rings. The van der Waals surface area contributed by atoms with Crippen LogP contribution in [0.4, 0.5) is 4.39 Å². The first-order valence-electron chi connectivity index (χ1n) is 12.7. The van der Waals surface area contributed by atoms with Crippen molar-refractivity contribution in [3.8, 4) is 5.75 Å². The van der Waals surface area contributed by atoms with Gasteiger partial charge in [-0.25, -0.2) is 0 Å². The van der Waals surface area contributed by atoms with Crippen LogP contribution in [-0.4, -0.2) is 19.4 Å². The van der Waals surface area contributed by atoms with Gasteiger partial charge in [0, 0.05) is 6.42 Å². The Morgan fingerprint density at radius 3 is 2.27 bits per heavy atom. The predicted molar refractivity (Wildman–Crippen MR) is 121 cm³/mol. The van der Waals surface area contributed by atoms with E-state index in [1.165, 1.54) is 75.3 Å². The average molecular weight is 417 g/mol. The van der Waals surface area contributed by atoms with Crippen molar-refractivity contribution in [1.29, 1.82) is 0 Å². The van der Waals surface area contributed by atoms with Gasteiger partial charge in [-0.1, -0.05) is 38.7 Å². The molecule has 2 fully saturated rings. The van der Waals surface area contributed by atoms with Gasteiger partial charge in [0.25, 0.3) is 0 Å². The van der Waals surface area contributed by atoms with E-state index in [1.54, 1.807) is 0 Å². The molecule has 0 radical (unpaired) electrons. The van der Waals surface area contributed by atoms with Gasteiger partial charge >= 0.3 is 0 Å². The van der Waals surface area contributed by atoms with Gasteiger partial charge in [0.2, 0.25) is 0 Å². The molecule has 1 atom stereocenters. The van der Waals surface area contributed by atoms with E-state index in [0.717, 1.165) is 36.5 Å². The summed E-state index contributed by atoms with van der Waals surface area (Å²) >= 11 is 0. The Morgan fingerprint density at radius 2 is 1.60 bits per heavy atom. The number of alkyl halides is 1.